The van der Waals surface area contributed by atoms with Gasteiger partial charge in [0.05, 0.1) is 21.3 Å². The molecule has 2 heterocycles. The summed E-state index contributed by atoms with van der Waals surface area (Å²) in [4.78, 5) is 25.6. The van der Waals surface area contributed by atoms with Crippen LogP contribution in [0.25, 0.3) is 5.69 Å². The normalized spacial score (nSPS) is 10.6. The topological polar surface area (TPSA) is 76.0 Å². The average Bonchev–Trinajstić information content (AvgIpc) is 3.48. The van der Waals surface area contributed by atoms with Crippen LogP contribution < -0.4 is 10.6 Å². The largest absolute Gasteiger partial charge is 0.348 e. The van der Waals surface area contributed by atoms with Gasteiger partial charge in [0, 0.05) is 24.5 Å². The molecule has 0 saturated carbocycles. The van der Waals surface area contributed by atoms with E-state index < -0.39 is 0 Å². The molecule has 4 rings (SSSR count). The molecule has 150 valence electrons. The van der Waals surface area contributed by atoms with Crippen molar-refractivity contribution in [3.8, 4) is 5.69 Å². The minimum Gasteiger partial charge on any atom is -0.348 e. The first-order chi connectivity index (χ1) is 14.6. The molecular weight excluding hydrogens is 420 g/mol. The van der Waals surface area contributed by atoms with E-state index in [1.54, 1.807) is 41.2 Å². The Morgan fingerprint density at radius 3 is 2.67 bits per heavy atom. The van der Waals surface area contributed by atoms with Crippen LogP contribution in [-0.2, 0) is 6.54 Å². The SMILES string of the molecule is O=C(NCc1ccccc1-n1cccn1)c1ccc(Cl)c(NC(=O)c2cccs2)c1. The molecule has 0 aliphatic heterocycles. The van der Waals surface area contributed by atoms with Crippen LogP contribution in [0.2, 0.25) is 5.02 Å². The van der Waals surface area contributed by atoms with Gasteiger partial charge in [-0.25, -0.2) is 4.68 Å². The highest BCUT2D eigenvalue weighted by Crippen LogP contribution is 2.24. The van der Waals surface area contributed by atoms with Crippen LogP contribution in [0, 0.1) is 0 Å². The third-order valence-electron chi connectivity index (χ3n) is 4.40. The molecule has 0 bridgehead atoms. The highest BCUT2D eigenvalue weighted by molar-refractivity contribution is 7.12. The molecule has 0 spiro atoms. The van der Waals surface area contributed by atoms with E-state index in [9.17, 15) is 9.59 Å². The van der Waals surface area contributed by atoms with Gasteiger partial charge in [-0.05, 0) is 47.3 Å². The van der Waals surface area contributed by atoms with Gasteiger partial charge in [-0.3, -0.25) is 9.59 Å². The van der Waals surface area contributed by atoms with Gasteiger partial charge in [0.25, 0.3) is 11.8 Å². The smallest absolute Gasteiger partial charge is 0.265 e. The fourth-order valence-corrected chi connectivity index (χ4v) is 3.71. The Labute approximate surface area is 182 Å². The quantitative estimate of drug-likeness (QED) is 0.457. The van der Waals surface area contributed by atoms with E-state index in [-0.39, 0.29) is 11.8 Å². The second-order valence-electron chi connectivity index (χ2n) is 6.39. The molecule has 0 fully saturated rings. The number of para-hydroxylation sites is 1. The van der Waals surface area contributed by atoms with Crippen molar-refractivity contribution in [1.29, 1.82) is 0 Å². The van der Waals surface area contributed by atoms with E-state index in [0.29, 0.717) is 27.7 Å². The summed E-state index contributed by atoms with van der Waals surface area (Å²) in [6, 6.07) is 17.9. The van der Waals surface area contributed by atoms with Gasteiger partial charge in [-0.2, -0.15) is 5.10 Å². The number of amides is 2. The van der Waals surface area contributed by atoms with Gasteiger partial charge < -0.3 is 10.6 Å². The van der Waals surface area contributed by atoms with E-state index in [4.69, 9.17) is 11.6 Å². The van der Waals surface area contributed by atoms with Crippen molar-refractivity contribution in [1.82, 2.24) is 15.1 Å². The molecule has 8 heteroatoms. The van der Waals surface area contributed by atoms with Crippen molar-refractivity contribution in [2.75, 3.05) is 5.32 Å². The van der Waals surface area contributed by atoms with Crippen LogP contribution in [0.4, 0.5) is 5.69 Å². The first-order valence-corrected chi connectivity index (χ1v) is 10.4. The summed E-state index contributed by atoms with van der Waals surface area (Å²) in [5.41, 5.74) is 2.61. The van der Waals surface area contributed by atoms with Gasteiger partial charge in [-0.1, -0.05) is 35.9 Å². The minimum atomic E-state index is -0.270. The van der Waals surface area contributed by atoms with E-state index >= 15 is 0 Å². The van der Waals surface area contributed by atoms with E-state index in [0.717, 1.165) is 11.3 Å². The summed E-state index contributed by atoms with van der Waals surface area (Å²) in [6.45, 7) is 0.328. The monoisotopic (exact) mass is 436 g/mol. The summed E-state index contributed by atoms with van der Waals surface area (Å²) in [6.07, 6.45) is 3.55. The molecule has 0 unspecified atom stereocenters. The average molecular weight is 437 g/mol. The van der Waals surface area contributed by atoms with Crippen molar-refractivity contribution in [2.24, 2.45) is 0 Å². The number of halogens is 1. The van der Waals surface area contributed by atoms with Crippen LogP contribution in [0.1, 0.15) is 25.6 Å². The Kier molecular flexibility index (Phi) is 5.92. The van der Waals surface area contributed by atoms with E-state index in [2.05, 4.69) is 15.7 Å². The third kappa shape index (κ3) is 4.42. The number of nitrogens with one attached hydrogen (secondary N) is 2. The number of hydrogen-bond donors (Lipinski definition) is 2. The number of carbonyl (C=O) groups is 2. The van der Waals surface area contributed by atoms with E-state index in [1.807, 2.05) is 41.9 Å². The molecule has 2 amide bonds. The van der Waals surface area contributed by atoms with Crippen LogP contribution in [0.3, 0.4) is 0 Å². The van der Waals surface area contributed by atoms with Gasteiger partial charge in [0.1, 0.15) is 0 Å². The summed E-state index contributed by atoms with van der Waals surface area (Å²) in [7, 11) is 0. The molecule has 30 heavy (non-hydrogen) atoms. The second-order valence-corrected chi connectivity index (χ2v) is 7.74. The molecular formula is C22H17ClN4O2S. The Morgan fingerprint density at radius 2 is 1.90 bits per heavy atom. The number of nitrogens with zero attached hydrogens (tertiary/aromatic N) is 2. The van der Waals surface area contributed by atoms with Crippen molar-refractivity contribution in [3.05, 3.63) is 99.5 Å². The summed E-state index contributed by atoms with van der Waals surface area (Å²) in [5.74, 6) is -0.536. The fraction of sp³-hybridized carbons (Fsp3) is 0.0455. The first-order valence-electron chi connectivity index (χ1n) is 9.12. The lowest BCUT2D eigenvalue weighted by molar-refractivity contribution is 0.0949. The van der Waals surface area contributed by atoms with Gasteiger partial charge in [0.2, 0.25) is 0 Å². The first kappa shape index (κ1) is 19.9. The predicted octanol–water partition coefficient (Wildman–Crippen LogP) is 4.77. The summed E-state index contributed by atoms with van der Waals surface area (Å²) >= 11 is 7.54. The molecule has 0 aliphatic carbocycles. The zero-order chi connectivity index (χ0) is 20.9. The Bertz CT molecular complexity index is 1170. The number of rotatable bonds is 6. The summed E-state index contributed by atoms with van der Waals surface area (Å²) in [5, 5.41) is 12.1. The van der Waals surface area contributed by atoms with E-state index in [1.165, 1.54) is 11.3 Å². The Hall–Kier alpha value is -3.42. The van der Waals surface area contributed by atoms with Gasteiger partial charge in [0.15, 0.2) is 0 Å². The summed E-state index contributed by atoms with van der Waals surface area (Å²) < 4.78 is 1.75. The van der Waals surface area contributed by atoms with Crippen molar-refractivity contribution in [3.63, 3.8) is 0 Å². The van der Waals surface area contributed by atoms with Crippen molar-refractivity contribution >= 4 is 40.4 Å². The highest BCUT2D eigenvalue weighted by Gasteiger charge is 2.13. The standard InChI is InChI=1S/C22H17ClN4O2S/c23-17-9-8-15(13-18(17)26-22(29)20-7-3-12-30-20)21(28)24-14-16-5-1-2-6-19(16)27-11-4-10-25-27/h1-13H,14H2,(H,24,28)(H,26,29). The van der Waals surface area contributed by atoms with Gasteiger partial charge >= 0.3 is 0 Å². The molecule has 2 aromatic carbocycles. The molecule has 0 aliphatic rings. The van der Waals surface area contributed by atoms with Crippen molar-refractivity contribution in [2.45, 2.75) is 6.54 Å². The second kappa shape index (κ2) is 8.94. The molecule has 2 aromatic heterocycles. The maximum absolute atomic E-state index is 12.7. The van der Waals surface area contributed by atoms with Crippen LogP contribution in [0.5, 0.6) is 0 Å². The number of hydrogen-bond acceptors (Lipinski definition) is 4. The lowest BCUT2D eigenvalue weighted by Gasteiger charge is -2.12. The highest BCUT2D eigenvalue weighted by atomic mass is 35.5. The van der Waals surface area contributed by atoms with Gasteiger partial charge in [-0.15, -0.1) is 11.3 Å². The number of benzene rings is 2. The minimum absolute atomic E-state index is 0.266. The number of anilines is 1. The number of carbonyl (C=O) groups excluding carboxylic acids is 2. The zero-order valence-electron chi connectivity index (χ0n) is 15.7. The zero-order valence-corrected chi connectivity index (χ0v) is 17.3. The molecule has 4 aromatic rings. The lowest BCUT2D eigenvalue weighted by atomic mass is 10.1. The predicted molar refractivity (Wildman–Crippen MR) is 118 cm³/mol. The third-order valence-corrected chi connectivity index (χ3v) is 5.60. The van der Waals surface area contributed by atoms with Crippen LogP contribution in [0.15, 0.2) is 78.4 Å². The maximum atomic E-state index is 12.7. The molecule has 6 nitrogen and oxygen atoms in total. The van der Waals surface area contributed by atoms with Crippen molar-refractivity contribution < 1.29 is 9.59 Å². The molecule has 0 atom stereocenters. The Morgan fingerprint density at radius 1 is 1.03 bits per heavy atom. The Balaban J connectivity index is 1.48. The fourth-order valence-electron chi connectivity index (χ4n) is 2.93. The maximum Gasteiger partial charge on any atom is 0.265 e. The van der Waals surface area contributed by atoms with Crippen LogP contribution in [-0.4, -0.2) is 21.6 Å². The number of thiophene rings is 1. The lowest BCUT2D eigenvalue weighted by Crippen LogP contribution is -2.24. The molecule has 0 radical (unpaired) electrons. The molecule has 0 saturated heterocycles. The number of aromatic nitrogens is 2. The molecule has 2 N–H and O–H groups in total. The van der Waals surface area contributed by atoms with Crippen LogP contribution >= 0.6 is 22.9 Å².